The molecule has 1 saturated carbocycles. The summed E-state index contributed by atoms with van der Waals surface area (Å²) >= 11 is 0. The van der Waals surface area contributed by atoms with Gasteiger partial charge in [-0.2, -0.15) is 5.10 Å². The summed E-state index contributed by atoms with van der Waals surface area (Å²) in [6.45, 7) is 2.98. The van der Waals surface area contributed by atoms with Gasteiger partial charge in [-0.15, -0.1) is 5.47 Å². The van der Waals surface area contributed by atoms with E-state index < -0.39 is 0 Å². The number of allylic oxidation sites excluding steroid dienone is 1. The molecule has 1 fully saturated rings. The molecule has 0 spiro atoms. The molecule has 0 unspecified atom stereocenters. The van der Waals surface area contributed by atoms with Crippen molar-refractivity contribution in [2.45, 2.75) is 64.2 Å². The minimum absolute atomic E-state index is 0.526. The average Bonchev–Trinajstić information content (AvgIpc) is 3.13. The number of benzene rings is 1. The molecule has 27 heavy (non-hydrogen) atoms. The predicted octanol–water partition coefficient (Wildman–Crippen LogP) is 4.26. The molecule has 142 valence electrons. The lowest BCUT2D eigenvalue weighted by atomic mass is 9.83. The monoisotopic (exact) mass is 362 g/mol. The Morgan fingerprint density at radius 1 is 1.22 bits per heavy atom. The predicted molar refractivity (Wildman–Crippen MR) is 120 cm³/mol. The highest BCUT2D eigenvalue weighted by molar-refractivity contribution is 6.29. The van der Waals surface area contributed by atoms with Crippen LogP contribution in [0, 0.1) is 0 Å². The largest absolute Gasteiger partial charge is 0.494 e. The molecule has 0 aliphatic heterocycles. The second-order valence-corrected chi connectivity index (χ2v) is 7.76. The second kappa shape index (κ2) is 9.87. The fourth-order valence-corrected chi connectivity index (χ4v) is 3.71. The fourth-order valence-electron chi connectivity index (χ4n) is 3.71. The van der Waals surface area contributed by atoms with Crippen LogP contribution in [0.4, 0.5) is 0 Å². The van der Waals surface area contributed by atoms with Gasteiger partial charge >= 0.3 is 0 Å². The highest BCUT2D eigenvalue weighted by atomic mass is 16.5. The van der Waals surface area contributed by atoms with E-state index in [1.54, 1.807) is 0 Å². The molecule has 0 bridgehead atoms. The molecule has 5 heteroatoms. The lowest BCUT2D eigenvalue weighted by Crippen LogP contribution is -2.15. The number of aromatic nitrogens is 2. The summed E-state index contributed by atoms with van der Waals surface area (Å²) in [6, 6.07) is 11.3. The molecule has 0 amide bonds. The molecule has 0 saturated heterocycles. The van der Waals surface area contributed by atoms with E-state index in [0.29, 0.717) is 6.04 Å². The Morgan fingerprint density at radius 3 is 2.63 bits per heavy atom. The summed E-state index contributed by atoms with van der Waals surface area (Å²) in [5.74, 6) is 0.956. The summed E-state index contributed by atoms with van der Waals surface area (Å²) in [5.41, 5.74) is 4.91. The number of rotatable bonds is 8. The summed E-state index contributed by atoms with van der Waals surface area (Å²) in [5, 5.41) is 4.99. The minimum Gasteiger partial charge on any atom is -0.494 e. The molecule has 3 rings (SSSR count). The summed E-state index contributed by atoms with van der Waals surface area (Å²) in [7, 11) is 4.38. The van der Waals surface area contributed by atoms with Crippen LogP contribution < -0.4 is 4.74 Å². The summed E-state index contributed by atoms with van der Waals surface area (Å²) in [4.78, 5) is 0. The first kappa shape index (κ1) is 19.9. The molecule has 1 heterocycles. The van der Waals surface area contributed by atoms with Gasteiger partial charge in [0, 0.05) is 5.56 Å². The van der Waals surface area contributed by atoms with E-state index in [1.165, 1.54) is 48.8 Å². The summed E-state index contributed by atoms with van der Waals surface area (Å²) < 4.78 is 8.12. The van der Waals surface area contributed by atoms with E-state index in [1.807, 2.05) is 0 Å². The van der Waals surface area contributed by atoms with E-state index in [-0.39, 0.29) is 0 Å². The van der Waals surface area contributed by atoms with Crippen molar-refractivity contribution in [2.24, 2.45) is 0 Å². The van der Waals surface area contributed by atoms with Crippen molar-refractivity contribution in [3.8, 4) is 17.0 Å². The Kier molecular flexibility index (Phi) is 7.25. The third kappa shape index (κ3) is 5.31. The van der Waals surface area contributed by atoms with Crippen LogP contribution >= 0.6 is 0 Å². The highest BCUT2D eigenvalue weighted by Crippen LogP contribution is 2.33. The van der Waals surface area contributed by atoms with Crippen LogP contribution in [0.25, 0.3) is 17.3 Å². The lowest BCUT2D eigenvalue weighted by molar-refractivity contribution is 0.309. The molecule has 3 nitrogen and oxygen atoms in total. The number of hydrogen-bond acceptors (Lipinski definition) is 2. The standard InChI is InChI=1S/C22H32B2N2O/c1-2-3-13-27-21-11-9-17(10-12-21)22-15-19(14-18(24)16-23)25-26(22)20-7-5-4-6-8-20/h9-12,14-15,20H,2-8,13,16,23-24H2,1H3/b18-14+. The first-order valence-electron chi connectivity index (χ1n) is 10.7. The van der Waals surface area contributed by atoms with Crippen LogP contribution in [0.2, 0.25) is 6.32 Å². The molecule has 0 N–H and O–H groups in total. The zero-order valence-electron chi connectivity index (χ0n) is 17.2. The lowest BCUT2D eigenvalue weighted by Gasteiger charge is -2.24. The minimum atomic E-state index is 0.526. The van der Waals surface area contributed by atoms with Gasteiger partial charge in [0.15, 0.2) is 0 Å². The van der Waals surface area contributed by atoms with Crippen molar-refractivity contribution in [1.82, 2.24) is 9.78 Å². The molecule has 2 aromatic rings. The topological polar surface area (TPSA) is 27.1 Å². The Morgan fingerprint density at radius 2 is 1.96 bits per heavy atom. The fraction of sp³-hybridized carbons (Fsp3) is 0.500. The Labute approximate surface area is 166 Å². The summed E-state index contributed by atoms with van der Waals surface area (Å²) in [6.07, 6.45) is 12.0. The molecule has 1 aromatic carbocycles. The first-order valence-corrected chi connectivity index (χ1v) is 10.7. The Bertz CT molecular complexity index is 746. The molecule has 0 radical (unpaired) electrons. The van der Waals surface area contributed by atoms with Crippen LogP contribution in [0.1, 0.15) is 63.6 Å². The maximum Gasteiger partial charge on any atom is 0.133 e. The molecule has 1 aromatic heterocycles. The number of unbranched alkanes of at least 4 members (excludes halogenated alkanes) is 1. The van der Waals surface area contributed by atoms with Crippen LogP contribution in [0.5, 0.6) is 5.75 Å². The average molecular weight is 362 g/mol. The normalized spacial score (nSPS) is 15.8. The quantitative estimate of drug-likeness (QED) is 0.518. The van der Waals surface area contributed by atoms with Crippen molar-refractivity contribution < 1.29 is 4.74 Å². The zero-order valence-corrected chi connectivity index (χ0v) is 17.2. The van der Waals surface area contributed by atoms with E-state index in [9.17, 15) is 0 Å². The SMILES string of the molecule is BC/C(B)=C\c1cc(-c2ccc(OCCCC)cc2)n(C2CCCCC2)n1. The van der Waals surface area contributed by atoms with E-state index in [4.69, 9.17) is 9.84 Å². The highest BCUT2D eigenvalue weighted by Gasteiger charge is 2.20. The molecule has 1 aliphatic carbocycles. The van der Waals surface area contributed by atoms with Gasteiger partial charge in [0.05, 0.1) is 24.0 Å². The van der Waals surface area contributed by atoms with Crippen molar-refractivity contribution in [1.29, 1.82) is 0 Å². The van der Waals surface area contributed by atoms with Crippen molar-refractivity contribution in [3.63, 3.8) is 0 Å². The second-order valence-electron chi connectivity index (χ2n) is 7.76. The number of nitrogens with zero attached hydrogens (tertiary/aromatic N) is 2. The van der Waals surface area contributed by atoms with Crippen LogP contribution in [-0.2, 0) is 0 Å². The Hall–Kier alpha value is -1.90. The van der Waals surface area contributed by atoms with Crippen LogP contribution in [0.3, 0.4) is 0 Å². The van der Waals surface area contributed by atoms with Crippen molar-refractivity contribution in [2.75, 3.05) is 6.61 Å². The molecular weight excluding hydrogens is 330 g/mol. The zero-order chi connectivity index (χ0) is 19.1. The third-order valence-electron chi connectivity index (χ3n) is 5.54. The number of hydrogen-bond donors (Lipinski definition) is 0. The third-order valence-corrected chi connectivity index (χ3v) is 5.54. The van der Waals surface area contributed by atoms with Gasteiger partial charge in [0.1, 0.15) is 21.4 Å². The van der Waals surface area contributed by atoms with Gasteiger partial charge in [0.25, 0.3) is 0 Å². The number of ether oxygens (including phenoxy) is 1. The maximum atomic E-state index is 5.82. The van der Waals surface area contributed by atoms with Crippen LogP contribution in [-0.4, -0.2) is 32.1 Å². The van der Waals surface area contributed by atoms with Gasteiger partial charge in [-0.25, -0.2) is 0 Å². The van der Waals surface area contributed by atoms with Crippen LogP contribution in [0.15, 0.2) is 35.8 Å². The van der Waals surface area contributed by atoms with Gasteiger partial charge in [-0.05, 0) is 55.7 Å². The van der Waals surface area contributed by atoms with E-state index in [2.05, 4.69) is 63.7 Å². The van der Waals surface area contributed by atoms with Gasteiger partial charge < -0.3 is 4.74 Å². The first-order chi connectivity index (χ1) is 13.2. The molecular formula is C22H32B2N2O. The smallest absolute Gasteiger partial charge is 0.133 e. The van der Waals surface area contributed by atoms with Gasteiger partial charge in [-0.3, -0.25) is 4.68 Å². The maximum absolute atomic E-state index is 5.82. The van der Waals surface area contributed by atoms with E-state index in [0.717, 1.165) is 37.2 Å². The molecule has 1 aliphatic rings. The van der Waals surface area contributed by atoms with Gasteiger partial charge in [-0.1, -0.05) is 38.9 Å². The van der Waals surface area contributed by atoms with Crippen molar-refractivity contribution >= 4 is 21.8 Å². The van der Waals surface area contributed by atoms with E-state index >= 15 is 0 Å². The Balaban J connectivity index is 1.87. The molecule has 0 atom stereocenters. The van der Waals surface area contributed by atoms with Crippen molar-refractivity contribution in [3.05, 3.63) is 41.5 Å². The van der Waals surface area contributed by atoms with Gasteiger partial charge in [0.2, 0.25) is 0 Å².